The molecule has 1 atom stereocenters. The van der Waals surface area contributed by atoms with Crippen molar-refractivity contribution < 1.29 is 32.0 Å². The van der Waals surface area contributed by atoms with Gasteiger partial charge in [0.15, 0.2) is 0 Å². The van der Waals surface area contributed by atoms with Crippen LogP contribution in [-0.2, 0) is 22.1 Å². The number of hydrogen-bond acceptors (Lipinski definition) is 6. The van der Waals surface area contributed by atoms with Crippen LogP contribution in [-0.4, -0.2) is 57.4 Å². The first-order valence-corrected chi connectivity index (χ1v) is 12.0. The molecular weight excluding hydrogens is 467 g/mol. The van der Waals surface area contributed by atoms with E-state index in [0.717, 1.165) is 17.4 Å². The van der Waals surface area contributed by atoms with Crippen LogP contribution in [0.3, 0.4) is 0 Å². The van der Waals surface area contributed by atoms with Gasteiger partial charge in [0.2, 0.25) is 5.03 Å². The summed E-state index contributed by atoms with van der Waals surface area (Å²) >= 11 is -1.07. The van der Waals surface area contributed by atoms with Gasteiger partial charge in [0, 0.05) is 55.6 Å². The van der Waals surface area contributed by atoms with E-state index in [9.17, 15) is 27.3 Å². The Morgan fingerprint density at radius 1 is 1.28 bits per heavy atom. The summed E-state index contributed by atoms with van der Waals surface area (Å²) in [6.45, 7) is 5.82. The smallest absolute Gasteiger partial charge is 0.418 e. The maximum atomic E-state index is 13.7. The van der Waals surface area contributed by atoms with E-state index in [-0.39, 0.29) is 33.9 Å². The second-order valence-electron chi connectivity index (χ2n) is 8.38. The molecule has 1 fully saturated rings. The lowest BCUT2D eigenvalue weighted by Gasteiger charge is -2.33. The average Bonchev–Trinajstić information content (AvgIpc) is 3.14. The van der Waals surface area contributed by atoms with Crippen molar-refractivity contribution in [2.75, 3.05) is 20.1 Å². The molecule has 0 radical (unpaired) electrons. The molecule has 2 amide bonds. The van der Waals surface area contributed by atoms with Crippen LogP contribution < -0.4 is 5.32 Å². The largest absolute Gasteiger partial charge is 0.610 e. The minimum absolute atomic E-state index is 0.0107. The first-order valence-electron chi connectivity index (χ1n) is 9.92. The van der Waals surface area contributed by atoms with Gasteiger partial charge in [0.05, 0.1) is 21.3 Å². The van der Waals surface area contributed by atoms with Gasteiger partial charge in [-0.25, -0.2) is 9.78 Å². The number of thiophene rings is 1. The number of amides is 2. The van der Waals surface area contributed by atoms with Crippen LogP contribution in [0, 0.1) is 0 Å². The number of likely N-dealkylation sites (tertiary alicyclic amines) is 1. The minimum Gasteiger partial charge on any atom is -0.610 e. The summed E-state index contributed by atoms with van der Waals surface area (Å²) in [4.78, 5) is 30.0. The summed E-state index contributed by atoms with van der Waals surface area (Å²) in [5.41, 5.74) is -1.71. The summed E-state index contributed by atoms with van der Waals surface area (Å²) in [6, 6.07) is 0.808. The Morgan fingerprint density at radius 3 is 2.44 bits per heavy atom. The number of fused-ring (bicyclic) bond motifs is 1. The van der Waals surface area contributed by atoms with Crippen molar-refractivity contribution in [2.45, 2.75) is 55.7 Å². The summed E-state index contributed by atoms with van der Waals surface area (Å²) in [5.74, 6) is -0.564. The van der Waals surface area contributed by atoms with Gasteiger partial charge in [0.25, 0.3) is 5.91 Å². The fraction of sp³-hybridized carbons (Fsp3) is 0.550. The number of ether oxygens (including phenoxy) is 1. The number of rotatable bonds is 3. The Bertz CT molecular complexity index is 1010. The Labute approximate surface area is 190 Å². The quantitative estimate of drug-likeness (QED) is 0.650. The van der Waals surface area contributed by atoms with Crippen LogP contribution in [0.4, 0.5) is 18.0 Å². The fourth-order valence-electron chi connectivity index (χ4n) is 3.34. The third-order valence-corrected chi connectivity index (χ3v) is 7.58. The second-order valence-corrected chi connectivity index (χ2v) is 10.9. The van der Waals surface area contributed by atoms with Gasteiger partial charge < -0.3 is 19.5 Å². The van der Waals surface area contributed by atoms with E-state index in [4.69, 9.17) is 4.74 Å². The lowest BCUT2D eigenvalue weighted by molar-refractivity contribution is -0.136. The van der Waals surface area contributed by atoms with Crippen molar-refractivity contribution in [1.29, 1.82) is 0 Å². The van der Waals surface area contributed by atoms with Crippen LogP contribution in [0.5, 0.6) is 0 Å². The number of piperidine rings is 1. The molecule has 2 aromatic heterocycles. The molecule has 0 spiro atoms. The van der Waals surface area contributed by atoms with Crippen molar-refractivity contribution in [3.8, 4) is 0 Å². The molecule has 0 bridgehead atoms. The Hall–Kier alpha value is -2.05. The molecule has 1 unspecified atom stereocenters. The first-order chi connectivity index (χ1) is 14.8. The molecule has 176 valence electrons. The van der Waals surface area contributed by atoms with Gasteiger partial charge in [-0.1, -0.05) is 0 Å². The third kappa shape index (κ3) is 5.29. The van der Waals surface area contributed by atoms with E-state index < -0.39 is 45.8 Å². The number of hydrogen-bond donors (Lipinski definition) is 1. The van der Waals surface area contributed by atoms with Crippen LogP contribution in [0.25, 0.3) is 10.2 Å². The predicted octanol–water partition coefficient (Wildman–Crippen LogP) is 4.18. The highest BCUT2D eigenvalue weighted by atomic mass is 32.2. The number of aromatic nitrogens is 1. The maximum absolute atomic E-state index is 13.7. The standard InChI is InChI=1S/C20H24F3N3O4S2/c1-19(2,3)30-18(28)26-7-5-11(6-8-26)32(29)14-9-13(20(21,22)23)16-15(25-14)12(10-31-16)17(27)24-4/h9-11H,5-8H2,1-4H3,(H,24,27). The SMILES string of the molecule is CNC(=O)c1csc2c(C(F)(F)F)cc([S+]([O-])C3CCN(C(=O)OC(C)(C)C)CC3)nc12. The highest BCUT2D eigenvalue weighted by Gasteiger charge is 2.39. The number of pyridine rings is 1. The van der Waals surface area contributed by atoms with E-state index in [1.165, 1.54) is 17.3 Å². The van der Waals surface area contributed by atoms with Gasteiger partial charge >= 0.3 is 12.3 Å². The zero-order valence-corrected chi connectivity index (χ0v) is 19.7. The summed E-state index contributed by atoms with van der Waals surface area (Å²) in [6.07, 6.45) is -4.50. The van der Waals surface area contributed by atoms with Gasteiger partial charge in [-0.15, -0.1) is 11.3 Å². The molecule has 0 saturated carbocycles. The van der Waals surface area contributed by atoms with Crippen LogP contribution in [0.2, 0.25) is 0 Å². The topological polar surface area (TPSA) is 94.6 Å². The summed E-state index contributed by atoms with van der Waals surface area (Å²) in [7, 11) is 1.37. The van der Waals surface area contributed by atoms with Crippen molar-refractivity contribution >= 4 is 44.7 Å². The Balaban J connectivity index is 1.86. The highest BCUT2D eigenvalue weighted by Crippen LogP contribution is 2.40. The van der Waals surface area contributed by atoms with Crippen molar-refractivity contribution in [1.82, 2.24) is 15.2 Å². The predicted molar refractivity (Wildman–Crippen MR) is 115 cm³/mol. The fourth-order valence-corrected chi connectivity index (χ4v) is 5.76. The molecule has 1 aliphatic heterocycles. The third-order valence-electron chi connectivity index (χ3n) is 4.88. The molecular formula is C20H24F3N3O4S2. The minimum atomic E-state index is -4.69. The van der Waals surface area contributed by atoms with Crippen LogP contribution in [0.15, 0.2) is 16.5 Å². The number of carbonyl (C=O) groups excluding carboxylic acids is 2. The molecule has 0 aliphatic carbocycles. The van der Waals surface area contributed by atoms with E-state index in [1.54, 1.807) is 20.8 Å². The molecule has 3 rings (SSSR count). The number of alkyl halides is 3. The monoisotopic (exact) mass is 491 g/mol. The number of carbonyl (C=O) groups is 2. The lowest BCUT2D eigenvalue weighted by atomic mass is 10.1. The molecule has 0 aromatic carbocycles. The number of halogens is 3. The molecule has 1 N–H and O–H groups in total. The Kier molecular flexibility index (Phi) is 6.97. The Morgan fingerprint density at radius 2 is 1.91 bits per heavy atom. The van der Waals surface area contributed by atoms with Gasteiger partial charge in [-0.2, -0.15) is 13.2 Å². The second kappa shape index (κ2) is 9.06. The van der Waals surface area contributed by atoms with Crippen LogP contribution >= 0.6 is 11.3 Å². The van der Waals surface area contributed by atoms with E-state index in [2.05, 4.69) is 10.3 Å². The molecule has 32 heavy (non-hydrogen) atoms. The van der Waals surface area contributed by atoms with Gasteiger partial charge in [0.1, 0.15) is 10.9 Å². The molecule has 1 saturated heterocycles. The molecule has 2 aromatic rings. The highest BCUT2D eigenvalue weighted by molar-refractivity contribution is 7.92. The lowest BCUT2D eigenvalue weighted by Crippen LogP contribution is -2.44. The molecule has 7 nitrogen and oxygen atoms in total. The van der Waals surface area contributed by atoms with Crippen molar-refractivity contribution in [3.05, 3.63) is 22.6 Å². The molecule has 3 heterocycles. The van der Waals surface area contributed by atoms with E-state index in [0.29, 0.717) is 12.8 Å². The average molecular weight is 492 g/mol. The first kappa shape index (κ1) is 24.6. The summed E-state index contributed by atoms with van der Waals surface area (Å²) in [5, 5.41) is 3.01. The zero-order chi connectivity index (χ0) is 23.8. The zero-order valence-electron chi connectivity index (χ0n) is 18.0. The van der Waals surface area contributed by atoms with Crippen LogP contribution in [0.1, 0.15) is 49.5 Å². The summed E-state index contributed by atoms with van der Waals surface area (Å²) < 4.78 is 59.4. The van der Waals surface area contributed by atoms with E-state index >= 15 is 0 Å². The van der Waals surface area contributed by atoms with Crippen molar-refractivity contribution in [2.24, 2.45) is 0 Å². The van der Waals surface area contributed by atoms with E-state index in [1.807, 2.05) is 0 Å². The van der Waals surface area contributed by atoms with Gasteiger partial charge in [-0.05, 0) is 20.8 Å². The number of nitrogens with one attached hydrogen (secondary N) is 1. The number of nitrogens with zero attached hydrogens (tertiary/aromatic N) is 2. The van der Waals surface area contributed by atoms with Gasteiger partial charge in [-0.3, -0.25) is 4.79 Å². The molecule has 1 aliphatic rings. The van der Waals surface area contributed by atoms with Crippen molar-refractivity contribution in [3.63, 3.8) is 0 Å². The normalized spacial score (nSPS) is 16.8. The maximum Gasteiger partial charge on any atom is 0.418 e. The molecule has 12 heteroatoms.